The number of nitrogens with zero attached hydrogens (tertiary/aromatic N) is 1. The van der Waals surface area contributed by atoms with E-state index in [1.807, 2.05) is 0 Å². The highest BCUT2D eigenvalue weighted by Crippen LogP contribution is 2.45. The summed E-state index contributed by atoms with van der Waals surface area (Å²) in [5, 5.41) is 0. The van der Waals surface area contributed by atoms with Crippen molar-refractivity contribution >= 4 is 5.78 Å². The molecule has 2 nitrogen and oxygen atoms in total. The van der Waals surface area contributed by atoms with Crippen LogP contribution in [0.2, 0.25) is 0 Å². The minimum absolute atomic E-state index is 0.337. The quantitative estimate of drug-likeness (QED) is 0.730. The van der Waals surface area contributed by atoms with Gasteiger partial charge in [0, 0.05) is 6.42 Å². The summed E-state index contributed by atoms with van der Waals surface area (Å²) in [7, 11) is 0. The van der Waals surface area contributed by atoms with Crippen LogP contribution in [-0.4, -0.2) is 30.3 Å². The molecule has 1 heterocycles. The summed E-state index contributed by atoms with van der Waals surface area (Å²) in [6.45, 7) is 5.38. The number of ketones is 1. The Bertz CT molecular complexity index is 233. The van der Waals surface area contributed by atoms with E-state index < -0.39 is 0 Å². The van der Waals surface area contributed by atoms with E-state index >= 15 is 0 Å². The van der Waals surface area contributed by atoms with Crippen molar-refractivity contribution in [2.45, 2.75) is 58.3 Å². The Kier molecular flexibility index (Phi) is 4.01. The van der Waals surface area contributed by atoms with Crippen molar-refractivity contribution in [3.05, 3.63) is 0 Å². The summed E-state index contributed by atoms with van der Waals surface area (Å²) in [4.78, 5) is 13.4. The zero-order valence-corrected chi connectivity index (χ0v) is 10.6. The molecule has 0 aromatic rings. The molecular formula is C14H25NO. The van der Waals surface area contributed by atoms with Gasteiger partial charge in [0.05, 0.1) is 0 Å². The molecule has 0 amide bonds. The second-order valence-electron chi connectivity index (χ2n) is 5.85. The van der Waals surface area contributed by atoms with E-state index in [9.17, 15) is 4.79 Å². The summed E-state index contributed by atoms with van der Waals surface area (Å²) >= 11 is 0. The van der Waals surface area contributed by atoms with Gasteiger partial charge < -0.3 is 9.69 Å². The summed E-state index contributed by atoms with van der Waals surface area (Å²) in [5.74, 6) is 0.337. The Morgan fingerprint density at radius 1 is 1.12 bits per heavy atom. The van der Waals surface area contributed by atoms with E-state index in [-0.39, 0.29) is 0 Å². The molecule has 0 bridgehead atoms. The molecule has 0 aromatic carbocycles. The first kappa shape index (κ1) is 12.1. The van der Waals surface area contributed by atoms with Gasteiger partial charge in [0.1, 0.15) is 5.78 Å². The van der Waals surface area contributed by atoms with Crippen LogP contribution in [0.3, 0.4) is 0 Å². The minimum atomic E-state index is 0.337. The molecule has 1 spiro atoms. The number of carbonyl (C=O) groups is 1. The Morgan fingerprint density at radius 3 is 2.31 bits per heavy atom. The van der Waals surface area contributed by atoms with Gasteiger partial charge in [-0.3, -0.25) is 0 Å². The third-order valence-electron chi connectivity index (χ3n) is 4.58. The Labute approximate surface area is 99.4 Å². The van der Waals surface area contributed by atoms with Crippen molar-refractivity contribution in [2.75, 3.05) is 19.6 Å². The molecule has 1 saturated heterocycles. The van der Waals surface area contributed by atoms with Crippen molar-refractivity contribution in [1.82, 2.24) is 4.90 Å². The molecule has 0 unspecified atom stereocenters. The molecule has 1 saturated carbocycles. The average molecular weight is 223 g/mol. The molecular weight excluding hydrogens is 198 g/mol. The van der Waals surface area contributed by atoms with E-state index in [0.29, 0.717) is 5.78 Å². The predicted octanol–water partition coefficient (Wildman–Crippen LogP) is 3.01. The number of hydrogen-bond acceptors (Lipinski definition) is 2. The van der Waals surface area contributed by atoms with E-state index in [1.165, 1.54) is 51.6 Å². The van der Waals surface area contributed by atoms with Gasteiger partial charge in [0.25, 0.3) is 0 Å². The fourth-order valence-corrected chi connectivity index (χ4v) is 3.43. The van der Waals surface area contributed by atoms with Crippen molar-refractivity contribution in [2.24, 2.45) is 5.41 Å². The van der Waals surface area contributed by atoms with Crippen molar-refractivity contribution in [1.29, 1.82) is 0 Å². The monoisotopic (exact) mass is 223 g/mol. The highest BCUT2D eigenvalue weighted by atomic mass is 16.1. The smallest absolute Gasteiger partial charge is 0.129 e. The zero-order valence-electron chi connectivity index (χ0n) is 10.6. The lowest BCUT2D eigenvalue weighted by atomic mass is 9.77. The molecule has 2 aliphatic rings. The van der Waals surface area contributed by atoms with Crippen molar-refractivity contribution in [3.8, 4) is 0 Å². The van der Waals surface area contributed by atoms with Gasteiger partial charge in [-0.2, -0.15) is 0 Å². The lowest BCUT2D eigenvalue weighted by Gasteiger charge is -2.39. The molecule has 0 atom stereocenters. The maximum Gasteiger partial charge on any atom is 0.129 e. The molecule has 1 aliphatic carbocycles. The molecule has 2 rings (SSSR count). The number of Topliss-reactive ketones (excluding diaryl/α,β-unsaturated/α-hetero) is 1. The summed E-state index contributed by atoms with van der Waals surface area (Å²) in [5.41, 5.74) is 0.733. The van der Waals surface area contributed by atoms with Gasteiger partial charge in [-0.05, 0) is 64.1 Å². The van der Waals surface area contributed by atoms with E-state index in [4.69, 9.17) is 0 Å². The van der Waals surface area contributed by atoms with Crippen LogP contribution >= 0.6 is 0 Å². The summed E-state index contributed by atoms with van der Waals surface area (Å²) in [6, 6.07) is 0. The van der Waals surface area contributed by atoms with Crippen LogP contribution < -0.4 is 0 Å². The van der Waals surface area contributed by atoms with Gasteiger partial charge in [-0.15, -0.1) is 0 Å². The first-order valence-corrected chi connectivity index (χ1v) is 6.92. The Morgan fingerprint density at radius 2 is 1.75 bits per heavy atom. The van der Waals surface area contributed by atoms with E-state index in [2.05, 4.69) is 4.90 Å². The van der Waals surface area contributed by atoms with Crippen LogP contribution in [-0.2, 0) is 4.79 Å². The predicted molar refractivity (Wildman–Crippen MR) is 66.5 cm³/mol. The number of piperidine rings is 1. The first-order chi connectivity index (χ1) is 7.70. The zero-order chi connectivity index (χ0) is 11.4. The van der Waals surface area contributed by atoms with Gasteiger partial charge in [-0.1, -0.05) is 12.8 Å². The molecule has 2 heteroatoms. The number of hydrogen-bond donors (Lipinski definition) is 0. The average Bonchev–Trinajstić information content (AvgIpc) is 2.70. The Balaban J connectivity index is 1.67. The molecule has 1 aliphatic heterocycles. The van der Waals surface area contributed by atoms with Crippen LogP contribution in [0.15, 0.2) is 0 Å². The molecule has 0 aromatic heterocycles. The highest BCUT2D eigenvalue weighted by molar-refractivity contribution is 5.75. The van der Waals surface area contributed by atoms with Crippen molar-refractivity contribution < 1.29 is 4.79 Å². The largest absolute Gasteiger partial charge is 0.303 e. The lowest BCUT2D eigenvalue weighted by Crippen LogP contribution is -2.39. The van der Waals surface area contributed by atoms with Crippen LogP contribution in [0, 0.1) is 5.41 Å². The minimum Gasteiger partial charge on any atom is -0.303 e. The molecule has 0 N–H and O–H groups in total. The van der Waals surface area contributed by atoms with Crippen LogP contribution in [0.5, 0.6) is 0 Å². The highest BCUT2D eigenvalue weighted by Gasteiger charge is 2.36. The fourth-order valence-electron chi connectivity index (χ4n) is 3.43. The van der Waals surface area contributed by atoms with Gasteiger partial charge >= 0.3 is 0 Å². The third kappa shape index (κ3) is 3.07. The molecule has 2 fully saturated rings. The summed E-state index contributed by atoms with van der Waals surface area (Å²) in [6.07, 6.45) is 10.5. The Hall–Kier alpha value is -0.370. The van der Waals surface area contributed by atoms with Crippen LogP contribution in [0.25, 0.3) is 0 Å². The van der Waals surface area contributed by atoms with Gasteiger partial charge in [0.15, 0.2) is 0 Å². The SMILES string of the molecule is CC(=O)CCCN1CCC2(CCCC2)CC1. The molecule has 92 valence electrons. The number of rotatable bonds is 4. The van der Waals surface area contributed by atoms with Crippen LogP contribution in [0.4, 0.5) is 0 Å². The lowest BCUT2D eigenvalue weighted by molar-refractivity contribution is -0.117. The third-order valence-corrected chi connectivity index (χ3v) is 4.58. The normalized spacial score (nSPS) is 25.1. The fraction of sp³-hybridized carbons (Fsp3) is 0.929. The standard InChI is InChI=1S/C14H25NO/c1-13(16)5-4-10-15-11-8-14(9-12-15)6-2-3-7-14/h2-12H2,1H3. The van der Waals surface area contributed by atoms with E-state index in [0.717, 1.165) is 24.8 Å². The molecule has 16 heavy (non-hydrogen) atoms. The second-order valence-corrected chi connectivity index (χ2v) is 5.85. The maximum absolute atomic E-state index is 10.9. The topological polar surface area (TPSA) is 20.3 Å². The molecule has 0 radical (unpaired) electrons. The maximum atomic E-state index is 10.9. The first-order valence-electron chi connectivity index (χ1n) is 6.92. The van der Waals surface area contributed by atoms with Crippen molar-refractivity contribution in [3.63, 3.8) is 0 Å². The van der Waals surface area contributed by atoms with E-state index in [1.54, 1.807) is 6.92 Å². The number of likely N-dealkylation sites (tertiary alicyclic amines) is 1. The van der Waals surface area contributed by atoms with Gasteiger partial charge in [0.2, 0.25) is 0 Å². The number of carbonyl (C=O) groups excluding carboxylic acids is 1. The van der Waals surface area contributed by atoms with Gasteiger partial charge in [-0.25, -0.2) is 0 Å². The second kappa shape index (κ2) is 5.31. The summed E-state index contributed by atoms with van der Waals surface area (Å²) < 4.78 is 0. The van der Waals surface area contributed by atoms with Crippen LogP contribution in [0.1, 0.15) is 58.3 Å².